The Morgan fingerprint density at radius 3 is 2.28 bits per heavy atom. The minimum Gasteiger partial charge on any atom is -0.392 e. The van der Waals surface area contributed by atoms with Crippen LogP contribution in [0, 0.1) is 6.92 Å². The molecule has 6 aromatic rings. The molecule has 0 aliphatic carbocycles. The van der Waals surface area contributed by atoms with E-state index < -0.39 is 28.3 Å². The Hall–Kier alpha value is -5.22. The minimum absolute atomic E-state index is 0.0325. The van der Waals surface area contributed by atoms with E-state index in [1.54, 1.807) is 23.9 Å². The van der Waals surface area contributed by atoms with Crippen molar-refractivity contribution in [2.75, 3.05) is 5.75 Å². The van der Waals surface area contributed by atoms with Crippen molar-refractivity contribution in [3.63, 3.8) is 0 Å². The average Bonchev–Trinajstić information content (AvgIpc) is 3.66. The number of aryl methyl sites for hydroxylation is 2. The molecule has 14 heteroatoms. The second-order valence-electron chi connectivity index (χ2n) is 13.9. The van der Waals surface area contributed by atoms with Gasteiger partial charge in [-0.25, -0.2) is 13.1 Å². The molecule has 1 aliphatic rings. The average molecular weight is 805 g/mol. The lowest BCUT2D eigenvalue weighted by atomic mass is 9.97. The fraction of sp³-hybridized carbons (Fsp3) is 0.256. The number of carbonyl (C=O) groups is 1. The van der Waals surface area contributed by atoms with Crippen molar-refractivity contribution < 1.29 is 27.8 Å². The molecule has 4 atom stereocenters. The number of tetrazole rings is 1. The van der Waals surface area contributed by atoms with Gasteiger partial charge in [-0.15, -0.1) is 5.10 Å². The highest BCUT2D eigenvalue weighted by Gasteiger charge is 2.33. The number of carbonyl (C=O) groups excluding carboxylic acids is 1. The van der Waals surface area contributed by atoms with Crippen molar-refractivity contribution in [3.8, 4) is 11.1 Å². The van der Waals surface area contributed by atoms with E-state index in [0.29, 0.717) is 17.3 Å². The number of nitrogens with one attached hydrogen (secondary N) is 2. The van der Waals surface area contributed by atoms with Crippen molar-refractivity contribution >= 4 is 27.7 Å². The number of thioether (sulfide) groups is 1. The summed E-state index contributed by atoms with van der Waals surface area (Å²) in [6.07, 6.45) is -0.236. The van der Waals surface area contributed by atoms with Crippen LogP contribution in [-0.2, 0) is 50.9 Å². The zero-order valence-corrected chi connectivity index (χ0v) is 33.2. The molecule has 0 saturated carbocycles. The molecule has 0 unspecified atom stereocenters. The van der Waals surface area contributed by atoms with Crippen LogP contribution in [0.15, 0.2) is 137 Å². The second-order valence-corrected chi connectivity index (χ2v) is 16.6. The van der Waals surface area contributed by atoms with Crippen molar-refractivity contribution in [1.29, 1.82) is 0 Å². The van der Waals surface area contributed by atoms with E-state index >= 15 is 0 Å². The largest absolute Gasteiger partial charge is 0.392 e. The fourth-order valence-electron chi connectivity index (χ4n) is 6.63. The van der Waals surface area contributed by atoms with Gasteiger partial charge >= 0.3 is 0 Å². The number of aromatic nitrogens is 4. The molecule has 0 radical (unpaired) electrons. The van der Waals surface area contributed by atoms with E-state index in [1.807, 2.05) is 110 Å². The van der Waals surface area contributed by atoms with Crippen molar-refractivity contribution in [2.24, 2.45) is 7.05 Å². The summed E-state index contributed by atoms with van der Waals surface area (Å²) in [5.74, 6) is 0.186. The lowest BCUT2D eigenvalue weighted by Gasteiger charge is -2.36. The first-order chi connectivity index (χ1) is 27.6. The Morgan fingerprint density at radius 2 is 1.58 bits per heavy atom. The quantitative estimate of drug-likeness (QED) is 0.102. The maximum Gasteiger partial charge on any atom is 0.241 e. The van der Waals surface area contributed by atoms with Gasteiger partial charge in [0, 0.05) is 31.3 Å². The fourth-order valence-corrected chi connectivity index (χ4v) is 8.69. The molecule has 1 amide bonds. The maximum absolute atomic E-state index is 13.8. The molecule has 1 fully saturated rings. The highest BCUT2D eigenvalue weighted by molar-refractivity contribution is 7.99. The van der Waals surface area contributed by atoms with Gasteiger partial charge in [-0.3, -0.25) is 4.79 Å². The number of nitrogens with zero attached hydrogens (tertiary/aromatic N) is 4. The number of hydrogen-bond acceptors (Lipinski definition) is 10. The van der Waals surface area contributed by atoms with Gasteiger partial charge in [0.2, 0.25) is 21.1 Å². The van der Waals surface area contributed by atoms with E-state index in [1.165, 1.54) is 23.9 Å². The Bertz CT molecular complexity index is 2360. The third-order valence-corrected chi connectivity index (χ3v) is 12.4. The van der Waals surface area contributed by atoms with Crippen LogP contribution in [0.4, 0.5) is 0 Å². The summed E-state index contributed by atoms with van der Waals surface area (Å²) in [7, 11) is -2.18. The lowest BCUT2D eigenvalue weighted by Crippen LogP contribution is -2.47. The second kappa shape index (κ2) is 18.4. The van der Waals surface area contributed by atoms with Crippen LogP contribution in [0.2, 0.25) is 0 Å². The predicted octanol–water partition coefficient (Wildman–Crippen LogP) is 6.22. The van der Waals surface area contributed by atoms with E-state index in [0.717, 1.165) is 44.5 Å². The molecule has 3 N–H and O–H groups in total. The first-order valence-corrected chi connectivity index (χ1v) is 21.1. The highest BCUT2D eigenvalue weighted by atomic mass is 32.2. The Balaban J connectivity index is 1.07. The van der Waals surface area contributed by atoms with Crippen LogP contribution in [-0.4, -0.2) is 57.5 Å². The first kappa shape index (κ1) is 40.0. The highest BCUT2D eigenvalue weighted by Crippen LogP contribution is 2.40. The number of aliphatic hydroxyl groups excluding tert-OH is 1. The van der Waals surface area contributed by atoms with E-state index in [2.05, 4.69) is 25.6 Å². The van der Waals surface area contributed by atoms with Gasteiger partial charge in [0.05, 0.1) is 23.7 Å². The molecular formula is C43H44N6O6S2. The zero-order chi connectivity index (χ0) is 39.8. The molecule has 12 nitrogen and oxygen atoms in total. The van der Waals surface area contributed by atoms with Crippen LogP contribution in [0.3, 0.4) is 0 Å². The number of amides is 1. The van der Waals surface area contributed by atoms with Crippen LogP contribution in [0.5, 0.6) is 0 Å². The summed E-state index contributed by atoms with van der Waals surface area (Å²) in [6, 6.07) is 38.4. The molecular weight excluding hydrogens is 761 g/mol. The number of ether oxygens (including phenoxy) is 2. The number of benzene rings is 5. The molecule has 0 bridgehead atoms. The molecule has 1 aliphatic heterocycles. The van der Waals surface area contributed by atoms with E-state index in [4.69, 9.17) is 9.47 Å². The normalized spacial score (nSPS) is 17.6. The zero-order valence-electron chi connectivity index (χ0n) is 31.6. The predicted molar refractivity (Wildman–Crippen MR) is 217 cm³/mol. The van der Waals surface area contributed by atoms with Crippen LogP contribution in [0.1, 0.15) is 52.2 Å². The smallest absolute Gasteiger partial charge is 0.241 e. The minimum atomic E-state index is -3.98. The summed E-state index contributed by atoms with van der Waals surface area (Å²) in [5.41, 5.74) is 7.15. The number of rotatable bonds is 15. The maximum atomic E-state index is 13.8. The summed E-state index contributed by atoms with van der Waals surface area (Å²) in [4.78, 5) is 13.9. The topological polar surface area (TPSA) is 158 Å². The van der Waals surface area contributed by atoms with E-state index in [-0.39, 0.29) is 36.7 Å². The summed E-state index contributed by atoms with van der Waals surface area (Å²) in [5, 5.41) is 25.0. The molecule has 0 spiro atoms. The summed E-state index contributed by atoms with van der Waals surface area (Å²) in [6.45, 7) is 2.03. The van der Waals surface area contributed by atoms with Crippen LogP contribution >= 0.6 is 11.8 Å². The van der Waals surface area contributed by atoms with E-state index in [9.17, 15) is 18.3 Å². The van der Waals surface area contributed by atoms with Gasteiger partial charge in [-0.05, 0) is 69.3 Å². The van der Waals surface area contributed by atoms with Gasteiger partial charge in [-0.1, -0.05) is 133 Å². The molecule has 2 heterocycles. The molecule has 7 rings (SSSR count). The first-order valence-electron chi connectivity index (χ1n) is 18.6. The number of aliphatic hydroxyl groups is 1. The van der Waals surface area contributed by atoms with Crippen LogP contribution in [0.25, 0.3) is 11.1 Å². The van der Waals surface area contributed by atoms with Gasteiger partial charge in [0.15, 0.2) is 6.29 Å². The SMILES string of the molecule is Cc1ccc(S(=O)(=O)N[C@H](Cc2ccccc2)C(=O)NCc2ccccc2-c2ccc([C@@H]3O[C@H](CSc4nnnn4C)C[C@H](c4ccc(CO)cc4)O3)cc2)cc1. The van der Waals surface area contributed by atoms with Gasteiger partial charge in [0.25, 0.3) is 0 Å². The number of sulfonamides is 1. The van der Waals surface area contributed by atoms with Crippen molar-refractivity contribution in [2.45, 2.75) is 67.5 Å². The Morgan fingerprint density at radius 1 is 0.877 bits per heavy atom. The molecule has 57 heavy (non-hydrogen) atoms. The van der Waals surface area contributed by atoms with Crippen LogP contribution < -0.4 is 10.0 Å². The third-order valence-electron chi connectivity index (χ3n) is 9.79. The standard InChI is InChI=1S/C43H44N6O6S2/c1-29-12-22-37(23-13-29)57(52,53)46-39(24-30-8-4-3-5-9-30)41(51)44-26-35-10-6-7-11-38(35)32-18-20-34(21-19-32)42-54-36(28-56-43-45-47-48-49(43)2)25-40(55-42)33-16-14-31(27-50)15-17-33/h3-23,36,39-40,42,46,50H,24-28H2,1-2H3,(H,44,51)/t36-,39+,40+,42+/m0/s1. The molecule has 1 aromatic heterocycles. The molecule has 5 aromatic carbocycles. The monoisotopic (exact) mass is 804 g/mol. The summed E-state index contributed by atoms with van der Waals surface area (Å²) < 4.78 is 44.2. The Labute approximate surface area is 336 Å². The van der Waals surface area contributed by atoms with Gasteiger partial charge in [0.1, 0.15) is 6.04 Å². The number of hydrogen-bond donors (Lipinski definition) is 3. The third kappa shape index (κ3) is 10.2. The van der Waals surface area contributed by atoms with Crippen molar-refractivity contribution in [1.82, 2.24) is 30.2 Å². The van der Waals surface area contributed by atoms with Gasteiger partial charge < -0.3 is 19.9 Å². The Kier molecular flexibility index (Phi) is 12.9. The lowest BCUT2D eigenvalue weighted by molar-refractivity contribution is -0.245. The summed E-state index contributed by atoms with van der Waals surface area (Å²) >= 11 is 1.52. The molecule has 294 valence electrons. The van der Waals surface area contributed by atoms with Crippen molar-refractivity contribution in [3.05, 3.63) is 161 Å². The van der Waals surface area contributed by atoms with Gasteiger partial charge in [-0.2, -0.15) is 4.72 Å². The molecule has 1 saturated heterocycles.